The minimum absolute atomic E-state index is 0.0647. The summed E-state index contributed by atoms with van der Waals surface area (Å²) in [5, 5.41) is 10.5. The van der Waals surface area contributed by atoms with Gasteiger partial charge in [-0.05, 0) is 30.5 Å². The van der Waals surface area contributed by atoms with Gasteiger partial charge in [-0.1, -0.05) is 20.8 Å². The highest BCUT2D eigenvalue weighted by molar-refractivity contribution is 6.10. The van der Waals surface area contributed by atoms with E-state index in [0.29, 0.717) is 13.2 Å². The molecule has 0 aromatic carbocycles. The summed E-state index contributed by atoms with van der Waals surface area (Å²) in [6, 6.07) is 2.94. The number of Topliss-reactive ketones (excluding diaryl/α,β-unsaturated/α-hetero) is 1. The predicted molar refractivity (Wildman–Crippen MR) is 91.8 cm³/mol. The van der Waals surface area contributed by atoms with Gasteiger partial charge in [0, 0.05) is 31.0 Å². The molecule has 2 aliphatic rings. The molecule has 0 aliphatic carbocycles. The molecular formula is C19H24N2O4. The summed E-state index contributed by atoms with van der Waals surface area (Å²) in [5.74, 6) is -1.18. The van der Waals surface area contributed by atoms with E-state index in [1.165, 1.54) is 0 Å². The average Bonchev–Trinajstić information content (AvgIpc) is 3.16. The molecule has 2 atom stereocenters. The van der Waals surface area contributed by atoms with E-state index in [1.54, 1.807) is 50.2 Å². The first-order chi connectivity index (χ1) is 11.8. The van der Waals surface area contributed by atoms with Gasteiger partial charge in [0.15, 0.2) is 11.5 Å². The maximum atomic E-state index is 12.9. The van der Waals surface area contributed by atoms with Crippen LogP contribution < -0.4 is 0 Å². The zero-order chi connectivity index (χ0) is 18.2. The number of aliphatic hydroxyl groups excluding tert-OH is 1. The Hall–Kier alpha value is -2.21. The molecule has 0 saturated carbocycles. The van der Waals surface area contributed by atoms with Gasteiger partial charge in [-0.25, -0.2) is 0 Å². The van der Waals surface area contributed by atoms with Crippen LogP contribution in [0.2, 0.25) is 0 Å². The van der Waals surface area contributed by atoms with Crippen molar-refractivity contribution in [3.63, 3.8) is 0 Å². The summed E-state index contributed by atoms with van der Waals surface area (Å²) >= 11 is 0. The van der Waals surface area contributed by atoms with E-state index in [9.17, 15) is 14.7 Å². The zero-order valence-corrected chi connectivity index (χ0v) is 14.9. The van der Waals surface area contributed by atoms with Gasteiger partial charge in [0.25, 0.3) is 5.91 Å². The van der Waals surface area contributed by atoms with E-state index >= 15 is 0 Å². The first-order valence-corrected chi connectivity index (χ1v) is 8.61. The molecule has 1 fully saturated rings. The topological polar surface area (TPSA) is 79.7 Å². The van der Waals surface area contributed by atoms with E-state index in [1.807, 2.05) is 0 Å². The van der Waals surface area contributed by atoms with E-state index in [0.717, 1.165) is 18.4 Å². The van der Waals surface area contributed by atoms with Crippen molar-refractivity contribution in [1.29, 1.82) is 0 Å². The summed E-state index contributed by atoms with van der Waals surface area (Å²) in [6.45, 7) is 6.39. The molecule has 2 unspecified atom stereocenters. The van der Waals surface area contributed by atoms with Crippen LogP contribution in [0.3, 0.4) is 0 Å². The van der Waals surface area contributed by atoms with Gasteiger partial charge in [-0.15, -0.1) is 0 Å². The third kappa shape index (κ3) is 3.31. The fourth-order valence-electron chi connectivity index (χ4n) is 3.38. The number of aliphatic hydroxyl groups is 1. The van der Waals surface area contributed by atoms with Crippen LogP contribution in [0, 0.1) is 5.41 Å². The third-order valence-electron chi connectivity index (χ3n) is 4.68. The molecule has 1 amide bonds. The lowest BCUT2D eigenvalue weighted by Crippen LogP contribution is -2.38. The zero-order valence-electron chi connectivity index (χ0n) is 14.9. The number of carbonyl (C=O) groups is 2. The van der Waals surface area contributed by atoms with Gasteiger partial charge in [0.05, 0.1) is 17.7 Å². The van der Waals surface area contributed by atoms with Gasteiger partial charge >= 0.3 is 0 Å². The fraction of sp³-hybridized carbons (Fsp3) is 0.526. The molecule has 6 heteroatoms. The average molecular weight is 344 g/mol. The second kappa shape index (κ2) is 6.59. The maximum Gasteiger partial charge on any atom is 0.290 e. The number of hydrogen-bond donors (Lipinski definition) is 1. The molecule has 3 rings (SSSR count). The second-order valence-electron chi connectivity index (χ2n) is 7.62. The Kier molecular flexibility index (Phi) is 4.64. The van der Waals surface area contributed by atoms with Crippen molar-refractivity contribution in [3.05, 3.63) is 41.4 Å². The number of carbonyl (C=O) groups excluding carboxylic acids is 2. The summed E-state index contributed by atoms with van der Waals surface area (Å²) < 4.78 is 5.65. The quantitative estimate of drug-likeness (QED) is 0.908. The van der Waals surface area contributed by atoms with Crippen LogP contribution in [-0.4, -0.2) is 45.9 Å². The Bertz CT molecular complexity index is 700. The number of amides is 1. The standard InChI is InChI=1S/C19H24N2O4/c1-19(2,3)17(23)14-15(12-6-8-20-9-7-12)21(18(24)16(14)22)11-13-5-4-10-25-13/h6-9,13,15,22H,4-5,10-11H2,1-3H3. The lowest BCUT2D eigenvalue weighted by Gasteiger charge is -2.30. The first kappa shape index (κ1) is 17.6. The molecule has 25 heavy (non-hydrogen) atoms. The van der Waals surface area contributed by atoms with Crippen molar-refractivity contribution in [2.45, 2.75) is 45.8 Å². The number of ketones is 1. The van der Waals surface area contributed by atoms with Gasteiger partial charge in [0.1, 0.15) is 0 Å². The van der Waals surface area contributed by atoms with Gasteiger partial charge < -0.3 is 14.7 Å². The van der Waals surface area contributed by atoms with Gasteiger partial charge in [-0.3, -0.25) is 14.6 Å². The van der Waals surface area contributed by atoms with Gasteiger partial charge in [0.2, 0.25) is 0 Å². The largest absolute Gasteiger partial charge is 0.503 e. The molecule has 0 spiro atoms. The summed E-state index contributed by atoms with van der Waals surface area (Å²) in [6.07, 6.45) is 5.01. The lowest BCUT2D eigenvalue weighted by atomic mass is 9.82. The minimum Gasteiger partial charge on any atom is -0.503 e. The minimum atomic E-state index is -0.700. The van der Waals surface area contributed by atoms with E-state index in [2.05, 4.69) is 4.98 Å². The van der Waals surface area contributed by atoms with Crippen molar-refractivity contribution in [2.24, 2.45) is 5.41 Å². The summed E-state index contributed by atoms with van der Waals surface area (Å²) in [5.41, 5.74) is 0.231. The fourth-order valence-corrected chi connectivity index (χ4v) is 3.38. The highest BCUT2D eigenvalue weighted by Gasteiger charge is 2.46. The number of aromatic nitrogens is 1. The third-order valence-corrected chi connectivity index (χ3v) is 4.68. The normalized spacial score (nSPS) is 24.3. The van der Waals surface area contributed by atoms with Crippen LogP contribution in [0.25, 0.3) is 0 Å². The molecule has 134 valence electrons. The van der Waals surface area contributed by atoms with Crippen LogP contribution >= 0.6 is 0 Å². The van der Waals surface area contributed by atoms with Crippen molar-refractivity contribution in [1.82, 2.24) is 9.88 Å². The maximum absolute atomic E-state index is 12.9. The van der Waals surface area contributed by atoms with Crippen molar-refractivity contribution < 1.29 is 19.4 Å². The number of nitrogens with zero attached hydrogens (tertiary/aromatic N) is 2. The molecule has 1 saturated heterocycles. The van der Waals surface area contributed by atoms with Crippen molar-refractivity contribution in [3.8, 4) is 0 Å². The molecule has 2 aliphatic heterocycles. The Morgan fingerprint density at radius 1 is 1.36 bits per heavy atom. The molecule has 0 radical (unpaired) electrons. The molecule has 3 heterocycles. The van der Waals surface area contributed by atoms with E-state index in [-0.39, 0.29) is 17.5 Å². The van der Waals surface area contributed by atoms with Crippen LogP contribution in [0.4, 0.5) is 0 Å². The molecular weight excluding hydrogens is 320 g/mol. The predicted octanol–water partition coefficient (Wildman–Crippen LogP) is 2.57. The van der Waals surface area contributed by atoms with Crippen LogP contribution in [0.5, 0.6) is 0 Å². The van der Waals surface area contributed by atoms with E-state index in [4.69, 9.17) is 4.74 Å². The Labute approximate surface area is 147 Å². The van der Waals surface area contributed by atoms with Crippen LogP contribution in [0.1, 0.15) is 45.2 Å². The SMILES string of the molecule is CC(C)(C)C(=O)C1=C(O)C(=O)N(CC2CCCO2)C1c1ccncc1. The summed E-state index contributed by atoms with van der Waals surface area (Å²) in [7, 11) is 0. The second-order valence-corrected chi connectivity index (χ2v) is 7.62. The molecule has 1 aromatic heterocycles. The lowest BCUT2D eigenvalue weighted by molar-refractivity contribution is -0.131. The highest BCUT2D eigenvalue weighted by Crippen LogP contribution is 2.41. The Morgan fingerprint density at radius 3 is 2.60 bits per heavy atom. The first-order valence-electron chi connectivity index (χ1n) is 8.61. The summed E-state index contributed by atoms with van der Waals surface area (Å²) in [4.78, 5) is 31.2. The number of rotatable bonds is 4. The van der Waals surface area contributed by atoms with Gasteiger partial charge in [-0.2, -0.15) is 0 Å². The molecule has 6 nitrogen and oxygen atoms in total. The van der Waals surface area contributed by atoms with Crippen LogP contribution in [-0.2, 0) is 14.3 Å². The Balaban J connectivity index is 2.02. The highest BCUT2D eigenvalue weighted by atomic mass is 16.5. The van der Waals surface area contributed by atoms with Crippen molar-refractivity contribution >= 4 is 11.7 Å². The van der Waals surface area contributed by atoms with Crippen molar-refractivity contribution in [2.75, 3.05) is 13.2 Å². The number of pyridine rings is 1. The smallest absolute Gasteiger partial charge is 0.290 e. The van der Waals surface area contributed by atoms with E-state index < -0.39 is 23.1 Å². The molecule has 1 N–H and O–H groups in total. The van der Waals surface area contributed by atoms with Crippen LogP contribution in [0.15, 0.2) is 35.9 Å². The number of hydrogen-bond acceptors (Lipinski definition) is 5. The molecule has 1 aromatic rings. The molecule has 0 bridgehead atoms. The number of ether oxygens (including phenoxy) is 1. The monoisotopic (exact) mass is 344 g/mol. The Morgan fingerprint density at radius 2 is 2.04 bits per heavy atom.